The first-order valence-corrected chi connectivity index (χ1v) is 14.5. The zero-order chi connectivity index (χ0) is 31.0. The first-order chi connectivity index (χ1) is 20.7. The van der Waals surface area contributed by atoms with Crippen LogP contribution >= 0.6 is 0 Å². The van der Waals surface area contributed by atoms with Crippen molar-refractivity contribution in [1.82, 2.24) is 15.5 Å². The normalized spacial score (nSPS) is 11.3. The van der Waals surface area contributed by atoms with Crippen LogP contribution in [0.4, 0.5) is 4.79 Å². The van der Waals surface area contributed by atoms with Gasteiger partial charge in [0.2, 0.25) is 5.91 Å². The van der Waals surface area contributed by atoms with Gasteiger partial charge >= 0.3 is 18.0 Å². The van der Waals surface area contributed by atoms with E-state index in [0.29, 0.717) is 6.54 Å². The molecular weight excluding hydrogens is 546 g/mol. The van der Waals surface area contributed by atoms with Crippen LogP contribution in [0.5, 0.6) is 0 Å². The highest BCUT2D eigenvalue weighted by Crippen LogP contribution is 2.20. The van der Waals surface area contributed by atoms with E-state index >= 15 is 0 Å². The second-order valence-electron chi connectivity index (χ2n) is 10.7. The molecule has 3 aromatic rings. The summed E-state index contributed by atoms with van der Waals surface area (Å²) in [4.78, 5) is 51.7. The molecule has 0 heterocycles. The van der Waals surface area contributed by atoms with Gasteiger partial charge in [-0.05, 0) is 28.2 Å². The Labute approximate surface area is 253 Å². The monoisotopic (exact) mass is 587 g/mol. The van der Waals surface area contributed by atoms with Gasteiger partial charge in [0.25, 0.3) is 0 Å². The van der Waals surface area contributed by atoms with Gasteiger partial charge in [-0.15, -0.1) is 0 Å². The fraction of sp³-hybridized carbons (Fsp3) is 0.353. The molecule has 43 heavy (non-hydrogen) atoms. The van der Waals surface area contributed by atoms with E-state index in [4.69, 9.17) is 9.47 Å². The Morgan fingerprint density at radius 3 is 2.05 bits per heavy atom. The Bertz CT molecular complexity index is 1310. The number of benzene rings is 3. The van der Waals surface area contributed by atoms with E-state index in [-0.39, 0.29) is 51.0 Å². The van der Waals surface area contributed by atoms with Crippen molar-refractivity contribution in [3.63, 3.8) is 0 Å². The van der Waals surface area contributed by atoms with Gasteiger partial charge in [-0.3, -0.25) is 9.59 Å². The van der Waals surface area contributed by atoms with Gasteiger partial charge in [0.05, 0.1) is 13.0 Å². The SMILES string of the molecule is CC(=O)NCCOC(=O)[C@H](Cc1ccc(-c2ccccc2)cc1)NC(=O)N(CCC(=O)OCc1ccccc1)CC(C)C. The van der Waals surface area contributed by atoms with Crippen molar-refractivity contribution in [2.24, 2.45) is 5.92 Å². The van der Waals surface area contributed by atoms with Gasteiger partial charge in [-0.1, -0.05) is 98.8 Å². The van der Waals surface area contributed by atoms with Gasteiger partial charge in [0, 0.05) is 26.4 Å². The molecule has 0 unspecified atom stereocenters. The fourth-order valence-corrected chi connectivity index (χ4v) is 4.37. The molecule has 0 radical (unpaired) electrons. The predicted octanol–water partition coefficient (Wildman–Crippen LogP) is 4.75. The van der Waals surface area contributed by atoms with Crippen LogP contribution in [0.2, 0.25) is 0 Å². The highest BCUT2D eigenvalue weighted by Gasteiger charge is 2.26. The Hall–Kier alpha value is -4.66. The molecule has 0 saturated heterocycles. The molecule has 3 amide bonds. The summed E-state index contributed by atoms with van der Waals surface area (Å²) >= 11 is 0. The number of ether oxygens (including phenoxy) is 2. The second kappa shape index (κ2) is 17.3. The molecule has 0 aromatic heterocycles. The number of nitrogens with zero attached hydrogens (tertiary/aromatic N) is 1. The largest absolute Gasteiger partial charge is 0.462 e. The highest BCUT2D eigenvalue weighted by atomic mass is 16.5. The number of hydrogen-bond acceptors (Lipinski definition) is 6. The number of esters is 2. The maximum atomic E-state index is 13.4. The van der Waals surface area contributed by atoms with E-state index in [1.54, 1.807) is 0 Å². The van der Waals surface area contributed by atoms with Crippen LogP contribution in [0.15, 0.2) is 84.9 Å². The molecule has 2 N–H and O–H groups in total. The molecule has 0 fully saturated rings. The minimum atomic E-state index is -0.980. The topological polar surface area (TPSA) is 114 Å². The Balaban J connectivity index is 1.66. The van der Waals surface area contributed by atoms with Crippen LogP contribution in [-0.4, -0.2) is 61.1 Å². The van der Waals surface area contributed by atoms with Crippen LogP contribution in [0.3, 0.4) is 0 Å². The maximum Gasteiger partial charge on any atom is 0.329 e. The summed E-state index contributed by atoms with van der Waals surface area (Å²) in [5.74, 6) is -1.14. The molecule has 0 aliphatic rings. The average molecular weight is 588 g/mol. The molecule has 9 heteroatoms. The number of rotatable bonds is 15. The summed E-state index contributed by atoms with van der Waals surface area (Å²) < 4.78 is 10.8. The summed E-state index contributed by atoms with van der Waals surface area (Å²) in [6, 6.07) is 25.6. The van der Waals surface area contributed by atoms with Gasteiger partial charge in [-0.25, -0.2) is 9.59 Å². The smallest absolute Gasteiger partial charge is 0.329 e. The predicted molar refractivity (Wildman–Crippen MR) is 165 cm³/mol. The molecule has 3 rings (SSSR count). The molecule has 0 aliphatic heterocycles. The zero-order valence-electron chi connectivity index (χ0n) is 25.1. The second-order valence-corrected chi connectivity index (χ2v) is 10.7. The number of nitrogens with one attached hydrogen (secondary N) is 2. The average Bonchev–Trinajstić information content (AvgIpc) is 3.00. The van der Waals surface area contributed by atoms with Crippen LogP contribution in [-0.2, 0) is 36.9 Å². The summed E-state index contributed by atoms with van der Waals surface area (Å²) in [6.07, 6.45) is 0.216. The van der Waals surface area contributed by atoms with Crippen molar-refractivity contribution < 1.29 is 28.7 Å². The molecular formula is C34H41N3O6. The van der Waals surface area contributed by atoms with E-state index in [1.807, 2.05) is 98.8 Å². The lowest BCUT2D eigenvalue weighted by atomic mass is 10.0. The lowest BCUT2D eigenvalue weighted by Crippen LogP contribution is -2.51. The summed E-state index contributed by atoms with van der Waals surface area (Å²) in [7, 11) is 0. The molecule has 0 bridgehead atoms. The first kappa shape index (κ1) is 32.8. The van der Waals surface area contributed by atoms with Crippen LogP contribution in [0.1, 0.15) is 38.3 Å². The summed E-state index contributed by atoms with van der Waals surface area (Å²) in [5.41, 5.74) is 3.82. The minimum Gasteiger partial charge on any atom is -0.462 e. The van der Waals surface area contributed by atoms with Gasteiger partial charge in [0.15, 0.2) is 0 Å². The van der Waals surface area contributed by atoms with Crippen LogP contribution < -0.4 is 10.6 Å². The molecule has 0 spiro atoms. The number of urea groups is 1. The highest BCUT2D eigenvalue weighted by molar-refractivity contribution is 5.84. The van der Waals surface area contributed by atoms with Crippen molar-refractivity contribution >= 4 is 23.9 Å². The third-order valence-electron chi connectivity index (χ3n) is 6.50. The fourth-order valence-electron chi connectivity index (χ4n) is 4.37. The third kappa shape index (κ3) is 12.0. The van der Waals surface area contributed by atoms with E-state index in [0.717, 1.165) is 22.3 Å². The number of amides is 3. The lowest BCUT2D eigenvalue weighted by Gasteiger charge is -2.27. The van der Waals surface area contributed by atoms with Crippen molar-refractivity contribution in [2.45, 2.75) is 46.3 Å². The molecule has 9 nitrogen and oxygen atoms in total. The van der Waals surface area contributed by atoms with E-state index in [1.165, 1.54) is 11.8 Å². The molecule has 1 atom stereocenters. The zero-order valence-corrected chi connectivity index (χ0v) is 25.1. The maximum absolute atomic E-state index is 13.4. The number of carbonyl (C=O) groups is 4. The minimum absolute atomic E-state index is 0.0136. The molecule has 3 aromatic carbocycles. The van der Waals surface area contributed by atoms with E-state index < -0.39 is 24.0 Å². The van der Waals surface area contributed by atoms with Crippen molar-refractivity contribution in [3.05, 3.63) is 96.1 Å². The Kier molecular flexibility index (Phi) is 13.2. The Morgan fingerprint density at radius 2 is 1.42 bits per heavy atom. The lowest BCUT2D eigenvalue weighted by molar-refractivity contribution is -0.146. The van der Waals surface area contributed by atoms with Gasteiger partial charge in [0.1, 0.15) is 19.3 Å². The van der Waals surface area contributed by atoms with Crippen molar-refractivity contribution in [2.75, 3.05) is 26.2 Å². The molecule has 228 valence electrons. The van der Waals surface area contributed by atoms with Gasteiger partial charge < -0.3 is 25.0 Å². The summed E-state index contributed by atoms with van der Waals surface area (Å²) in [6.45, 7) is 6.13. The summed E-state index contributed by atoms with van der Waals surface area (Å²) in [5, 5.41) is 5.41. The van der Waals surface area contributed by atoms with Gasteiger partial charge in [-0.2, -0.15) is 0 Å². The molecule has 0 saturated carbocycles. The quantitative estimate of drug-likeness (QED) is 0.196. The standard InChI is InChI=1S/C34H41N3O6/c1-25(2)23-37(20-18-32(39)43-24-28-10-6-4-7-11-28)34(41)36-31(33(40)42-21-19-35-26(3)38)22-27-14-16-30(17-15-27)29-12-8-5-9-13-29/h4-17,25,31H,18-24H2,1-3H3,(H,35,38)(H,36,41)/t31-/m0/s1. The van der Waals surface area contributed by atoms with Crippen LogP contribution in [0.25, 0.3) is 11.1 Å². The van der Waals surface area contributed by atoms with Crippen molar-refractivity contribution in [3.8, 4) is 11.1 Å². The Morgan fingerprint density at radius 1 is 0.791 bits per heavy atom. The van der Waals surface area contributed by atoms with Crippen LogP contribution in [0, 0.1) is 5.92 Å². The third-order valence-corrected chi connectivity index (χ3v) is 6.50. The first-order valence-electron chi connectivity index (χ1n) is 14.5. The number of carbonyl (C=O) groups excluding carboxylic acids is 4. The van der Waals surface area contributed by atoms with E-state index in [9.17, 15) is 19.2 Å². The van der Waals surface area contributed by atoms with E-state index in [2.05, 4.69) is 10.6 Å². The van der Waals surface area contributed by atoms with Crippen molar-refractivity contribution in [1.29, 1.82) is 0 Å². The number of hydrogen-bond donors (Lipinski definition) is 2. The molecule has 0 aliphatic carbocycles.